The third-order valence-corrected chi connectivity index (χ3v) is 4.49. The first kappa shape index (κ1) is 17.3. The zero-order chi connectivity index (χ0) is 17.6. The van der Waals surface area contributed by atoms with Gasteiger partial charge in [0, 0.05) is 31.2 Å². The molecular formula is C18H22N4O3. The lowest BCUT2D eigenvalue weighted by atomic mass is 9.91. The predicted molar refractivity (Wildman–Crippen MR) is 93.5 cm³/mol. The molecule has 3 rings (SSSR count). The summed E-state index contributed by atoms with van der Waals surface area (Å²) in [4.78, 5) is 22.7. The van der Waals surface area contributed by atoms with Crippen molar-refractivity contribution in [3.63, 3.8) is 0 Å². The molecule has 3 N–H and O–H groups in total. The molecule has 1 amide bonds. The van der Waals surface area contributed by atoms with Crippen molar-refractivity contribution in [2.45, 2.75) is 18.9 Å². The van der Waals surface area contributed by atoms with Crippen LogP contribution in [0.4, 0.5) is 11.6 Å². The molecule has 1 unspecified atom stereocenters. The van der Waals surface area contributed by atoms with Gasteiger partial charge in [-0.15, -0.1) is 0 Å². The Balaban J connectivity index is 1.58. The number of hydrogen-bond acceptors (Lipinski definition) is 6. The highest BCUT2D eigenvalue weighted by molar-refractivity contribution is 5.93. The molecule has 7 heteroatoms. The van der Waals surface area contributed by atoms with E-state index in [0.29, 0.717) is 37.4 Å². The Kier molecular flexibility index (Phi) is 5.57. The molecule has 0 aliphatic carbocycles. The molecule has 0 saturated carbocycles. The highest BCUT2D eigenvalue weighted by atomic mass is 16.3. The van der Waals surface area contributed by atoms with Crippen LogP contribution in [-0.4, -0.2) is 56.8 Å². The van der Waals surface area contributed by atoms with Gasteiger partial charge in [0.05, 0.1) is 18.3 Å². The summed E-state index contributed by atoms with van der Waals surface area (Å²) < 4.78 is 0. The molecule has 132 valence electrons. The van der Waals surface area contributed by atoms with E-state index in [0.717, 1.165) is 5.69 Å². The molecular weight excluding hydrogens is 320 g/mol. The summed E-state index contributed by atoms with van der Waals surface area (Å²) in [7, 11) is 0. The number of hydrogen-bond donors (Lipinski definition) is 3. The van der Waals surface area contributed by atoms with Crippen LogP contribution < -0.4 is 5.32 Å². The zero-order valence-electron chi connectivity index (χ0n) is 13.9. The van der Waals surface area contributed by atoms with Crippen molar-refractivity contribution in [1.82, 2.24) is 14.9 Å². The van der Waals surface area contributed by atoms with Crippen LogP contribution in [0, 0.1) is 5.92 Å². The van der Waals surface area contributed by atoms with Gasteiger partial charge in [-0.3, -0.25) is 4.79 Å². The fraction of sp³-hybridized carbons (Fsp3) is 0.389. The van der Waals surface area contributed by atoms with Gasteiger partial charge in [-0.25, -0.2) is 9.97 Å². The minimum atomic E-state index is -0.705. The van der Waals surface area contributed by atoms with Crippen molar-refractivity contribution in [3.05, 3.63) is 48.3 Å². The SMILES string of the molecule is O=C(c1cnc(Nc2ccccc2)nc1)N1CCC(C(O)CO)CC1. The van der Waals surface area contributed by atoms with E-state index < -0.39 is 6.10 Å². The van der Waals surface area contributed by atoms with Crippen molar-refractivity contribution in [2.75, 3.05) is 25.0 Å². The minimum Gasteiger partial charge on any atom is -0.394 e. The first-order valence-electron chi connectivity index (χ1n) is 8.39. The summed E-state index contributed by atoms with van der Waals surface area (Å²) in [6, 6.07) is 9.58. The van der Waals surface area contributed by atoms with Crippen LogP contribution in [0.15, 0.2) is 42.7 Å². The molecule has 1 aliphatic rings. The maximum atomic E-state index is 12.5. The Bertz CT molecular complexity index is 685. The van der Waals surface area contributed by atoms with Crippen molar-refractivity contribution < 1.29 is 15.0 Å². The molecule has 0 bridgehead atoms. The van der Waals surface area contributed by atoms with E-state index in [1.54, 1.807) is 4.90 Å². The molecule has 1 aromatic carbocycles. The maximum absolute atomic E-state index is 12.5. The number of aliphatic hydroxyl groups excluding tert-OH is 2. The number of para-hydroxylation sites is 1. The van der Waals surface area contributed by atoms with E-state index in [1.807, 2.05) is 30.3 Å². The number of rotatable bonds is 5. The fourth-order valence-electron chi connectivity index (χ4n) is 2.97. The van der Waals surface area contributed by atoms with Crippen molar-refractivity contribution >= 4 is 17.5 Å². The summed E-state index contributed by atoms with van der Waals surface area (Å²) >= 11 is 0. The predicted octanol–water partition coefficient (Wildman–Crippen LogP) is 1.43. The Morgan fingerprint density at radius 1 is 1.20 bits per heavy atom. The van der Waals surface area contributed by atoms with Gasteiger partial charge >= 0.3 is 0 Å². The third-order valence-electron chi connectivity index (χ3n) is 4.49. The van der Waals surface area contributed by atoms with Gasteiger partial charge in [0.1, 0.15) is 0 Å². The van der Waals surface area contributed by atoms with E-state index in [-0.39, 0.29) is 18.4 Å². The molecule has 1 aromatic heterocycles. The number of nitrogens with one attached hydrogen (secondary N) is 1. The number of likely N-dealkylation sites (tertiary alicyclic amines) is 1. The second-order valence-corrected chi connectivity index (χ2v) is 6.17. The zero-order valence-corrected chi connectivity index (χ0v) is 13.9. The van der Waals surface area contributed by atoms with E-state index in [4.69, 9.17) is 5.11 Å². The number of carbonyl (C=O) groups excluding carboxylic acids is 1. The van der Waals surface area contributed by atoms with Crippen molar-refractivity contribution in [1.29, 1.82) is 0 Å². The van der Waals surface area contributed by atoms with Crippen LogP contribution in [0.2, 0.25) is 0 Å². The molecule has 1 fully saturated rings. The minimum absolute atomic E-state index is 0.0442. The number of carbonyl (C=O) groups is 1. The number of aromatic nitrogens is 2. The number of piperidine rings is 1. The second kappa shape index (κ2) is 8.04. The van der Waals surface area contributed by atoms with Gasteiger partial charge in [-0.1, -0.05) is 18.2 Å². The van der Waals surface area contributed by atoms with Gasteiger partial charge in [0.2, 0.25) is 5.95 Å². The van der Waals surface area contributed by atoms with Gasteiger partial charge in [-0.05, 0) is 30.9 Å². The lowest BCUT2D eigenvalue weighted by Crippen LogP contribution is -2.42. The number of amides is 1. The third kappa shape index (κ3) is 4.32. The van der Waals surface area contributed by atoms with Crippen LogP contribution >= 0.6 is 0 Å². The lowest BCUT2D eigenvalue weighted by Gasteiger charge is -2.33. The molecule has 25 heavy (non-hydrogen) atoms. The summed E-state index contributed by atoms with van der Waals surface area (Å²) in [6.45, 7) is 0.886. The highest BCUT2D eigenvalue weighted by Crippen LogP contribution is 2.22. The monoisotopic (exact) mass is 342 g/mol. The largest absolute Gasteiger partial charge is 0.394 e. The highest BCUT2D eigenvalue weighted by Gasteiger charge is 2.27. The number of aliphatic hydroxyl groups is 2. The number of anilines is 2. The average Bonchev–Trinajstić information content (AvgIpc) is 2.68. The van der Waals surface area contributed by atoms with Gasteiger partial charge in [0.25, 0.3) is 5.91 Å². The first-order chi connectivity index (χ1) is 12.2. The van der Waals surface area contributed by atoms with Crippen molar-refractivity contribution in [3.8, 4) is 0 Å². The lowest BCUT2D eigenvalue weighted by molar-refractivity contribution is 0.0179. The van der Waals surface area contributed by atoms with E-state index in [9.17, 15) is 9.90 Å². The summed E-state index contributed by atoms with van der Waals surface area (Å²) in [5.74, 6) is 0.374. The number of benzene rings is 1. The Labute approximate surface area is 146 Å². The number of nitrogens with zero attached hydrogens (tertiary/aromatic N) is 3. The Hall–Kier alpha value is -2.51. The summed E-state index contributed by atoms with van der Waals surface area (Å²) in [6.07, 6.45) is 3.71. The van der Waals surface area contributed by atoms with Crippen LogP contribution in [-0.2, 0) is 0 Å². The van der Waals surface area contributed by atoms with Gasteiger partial charge in [-0.2, -0.15) is 0 Å². The quantitative estimate of drug-likeness (QED) is 0.760. The smallest absolute Gasteiger partial charge is 0.256 e. The average molecular weight is 342 g/mol. The van der Waals surface area contributed by atoms with Crippen LogP contribution in [0.25, 0.3) is 0 Å². The van der Waals surface area contributed by atoms with E-state index >= 15 is 0 Å². The molecule has 7 nitrogen and oxygen atoms in total. The fourth-order valence-corrected chi connectivity index (χ4v) is 2.97. The Morgan fingerprint density at radius 2 is 1.84 bits per heavy atom. The molecule has 1 aliphatic heterocycles. The molecule has 0 radical (unpaired) electrons. The maximum Gasteiger partial charge on any atom is 0.256 e. The normalized spacial score (nSPS) is 16.5. The molecule has 2 heterocycles. The second-order valence-electron chi connectivity index (χ2n) is 6.17. The van der Waals surface area contributed by atoms with E-state index in [2.05, 4.69) is 15.3 Å². The molecule has 0 spiro atoms. The van der Waals surface area contributed by atoms with Gasteiger partial charge < -0.3 is 20.4 Å². The van der Waals surface area contributed by atoms with Crippen LogP contribution in [0.5, 0.6) is 0 Å². The van der Waals surface area contributed by atoms with Crippen LogP contribution in [0.1, 0.15) is 23.2 Å². The van der Waals surface area contributed by atoms with Gasteiger partial charge in [0.15, 0.2) is 0 Å². The molecule has 1 saturated heterocycles. The standard InChI is InChI=1S/C18H22N4O3/c23-12-16(24)13-6-8-22(9-7-13)17(25)14-10-19-18(20-11-14)21-15-4-2-1-3-5-15/h1-5,10-11,13,16,23-24H,6-9,12H2,(H,19,20,21). The molecule has 1 atom stereocenters. The molecule has 2 aromatic rings. The van der Waals surface area contributed by atoms with Crippen LogP contribution in [0.3, 0.4) is 0 Å². The van der Waals surface area contributed by atoms with E-state index in [1.165, 1.54) is 12.4 Å². The van der Waals surface area contributed by atoms with Crippen molar-refractivity contribution in [2.24, 2.45) is 5.92 Å². The summed E-state index contributed by atoms with van der Waals surface area (Å²) in [5, 5.41) is 21.8. The first-order valence-corrected chi connectivity index (χ1v) is 8.39. The summed E-state index contributed by atoms with van der Waals surface area (Å²) in [5.41, 5.74) is 1.32. The topological polar surface area (TPSA) is 98.6 Å². The Morgan fingerprint density at radius 3 is 2.44 bits per heavy atom.